The molecule has 3 aromatic rings. The van der Waals surface area contributed by atoms with E-state index < -0.39 is 5.54 Å². The lowest BCUT2D eigenvalue weighted by atomic mass is 9.74. The number of benzene rings is 3. The fourth-order valence-corrected chi connectivity index (χ4v) is 5.16. The van der Waals surface area contributed by atoms with Gasteiger partial charge in [0, 0.05) is 24.8 Å². The molecule has 0 bridgehead atoms. The molecule has 0 saturated carbocycles. The number of rotatable bonds is 4. The van der Waals surface area contributed by atoms with Crippen LogP contribution in [-0.4, -0.2) is 36.0 Å². The monoisotopic (exact) mass is 436 g/mol. The van der Waals surface area contributed by atoms with E-state index >= 15 is 0 Å². The summed E-state index contributed by atoms with van der Waals surface area (Å²) in [4.78, 5) is 15.9. The zero-order valence-electron chi connectivity index (χ0n) is 18.1. The maximum absolute atomic E-state index is 14.0. The molecule has 2 saturated heterocycles. The number of guanidine groups is 1. The van der Waals surface area contributed by atoms with Gasteiger partial charge in [-0.15, -0.1) is 0 Å². The number of ether oxygens (including phenoxy) is 1. The van der Waals surface area contributed by atoms with Crippen LogP contribution in [0.3, 0.4) is 0 Å². The first-order valence-electron chi connectivity index (χ1n) is 11.1. The average Bonchev–Trinajstić information content (AvgIpc) is 3.15. The van der Waals surface area contributed by atoms with Crippen molar-refractivity contribution in [3.8, 4) is 17.2 Å². The van der Waals surface area contributed by atoms with Gasteiger partial charge >= 0.3 is 0 Å². The lowest BCUT2D eigenvalue weighted by molar-refractivity contribution is -0.126. The molecule has 1 atom stereocenters. The minimum absolute atomic E-state index is 0.0579. The second-order valence-corrected chi connectivity index (χ2v) is 8.30. The van der Waals surface area contributed by atoms with Crippen LogP contribution in [0.1, 0.15) is 29.5 Å². The summed E-state index contributed by atoms with van der Waals surface area (Å²) in [5.74, 6) is -0.257. The maximum atomic E-state index is 14.0. The lowest BCUT2D eigenvalue weighted by Crippen LogP contribution is -2.54. The summed E-state index contributed by atoms with van der Waals surface area (Å²) in [6, 6.07) is 27.1. The Balaban J connectivity index is 1.87. The first kappa shape index (κ1) is 20.9. The molecule has 0 radical (unpaired) electrons. The Labute approximate surface area is 192 Å². The minimum atomic E-state index is -1.35. The van der Waals surface area contributed by atoms with Crippen LogP contribution in [0, 0.1) is 16.7 Å². The van der Waals surface area contributed by atoms with Crippen LogP contribution in [0.15, 0.2) is 78.9 Å². The number of carbonyl (C=O) groups excluding carboxylic acids is 1. The quantitative estimate of drug-likeness (QED) is 0.647. The molecular formula is C27H24N4O2. The van der Waals surface area contributed by atoms with Crippen molar-refractivity contribution in [3.63, 3.8) is 0 Å². The van der Waals surface area contributed by atoms with E-state index in [0.717, 1.165) is 16.7 Å². The standard InChI is InChI=1S/C27H24N4O2/c28-18-20-10-7-13-23(19-8-3-1-4-9-19)24(20)27(21-11-5-2-6-12-21)25(32)30-26(29)31(27)22-14-16-33-17-15-22/h1-13,22H,14-17H2,(H2,29,30,32). The van der Waals surface area contributed by atoms with Crippen molar-refractivity contribution in [2.75, 3.05) is 13.2 Å². The van der Waals surface area contributed by atoms with E-state index in [1.807, 2.05) is 77.7 Å². The Kier molecular flexibility index (Phi) is 5.41. The van der Waals surface area contributed by atoms with Crippen LogP contribution in [0.25, 0.3) is 11.1 Å². The number of nitriles is 1. The van der Waals surface area contributed by atoms with Crippen molar-refractivity contribution in [1.82, 2.24) is 10.2 Å². The van der Waals surface area contributed by atoms with E-state index in [-0.39, 0.29) is 17.9 Å². The third-order valence-electron chi connectivity index (χ3n) is 6.54. The Morgan fingerprint density at radius 2 is 1.64 bits per heavy atom. The van der Waals surface area contributed by atoms with Crippen molar-refractivity contribution < 1.29 is 9.53 Å². The summed E-state index contributed by atoms with van der Waals surface area (Å²) in [5, 5.41) is 21.8. The molecule has 0 spiro atoms. The average molecular weight is 437 g/mol. The van der Waals surface area contributed by atoms with Gasteiger partial charge in [-0.1, -0.05) is 72.8 Å². The van der Waals surface area contributed by atoms with E-state index in [2.05, 4.69) is 11.4 Å². The van der Waals surface area contributed by atoms with Gasteiger partial charge in [-0.3, -0.25) is 15.5 Å². The highest BCUT2D eigenvalue weighted by molar-refractivity contribution is 6.11. The third-order valence-corrected chi connectivity index (χ3v) is 6.54. The molecule has 2 aliphatic rings. The molecule has 0 aromatic heterocycles. The highest BCUT2D eigenvalue weighted by Crippen LogP contribution is 2.47. The molecule has 1 amide bonds. The third kappa shape index (κ3) is 3.29. The van der Waals surface area contributed by atoms with Crippen molar-refractivity contribution >= 4 is 11.9 Å². The summed E-state index contributed by atoms with van der Waals surface area (Å²) in [7, 11) is 0. The van der Waals surface area contributed by atoms with Crippen LogP contribution in [0.4, 0.5) is 0 Å². The predicted molar refractivity (Wildman–Crippen MR) is 125 cm³/mol. The molecule has 0 aliphatic carbocycles. The van der Waals surface area contributed by atoms with Crippen molar-refractivity contribution in [3.05, 3.63) is 95.6 Å². The van der Waals surface area contributed by atoms with E-state index in [4.69, 9.17) is 10.1 Å². The summed E-state index contributed by atoms with van der Waals surface area (Å²) in [6.45, 7) is 1.14. The Morgan fingerprint density at radius 3 is 2.30 bits per heavy atom. The van der Waals surface area contributed by atoms with Gasteiger partial charge in [0.05, 0.1) is 11.6 Å². The zero-order valence-corrected chi connectivity index (χ0v) is 18.1. The fourth-order valence-electron chi connectivity index (χ4n) is 5.16. The summed E-state index contributed by atoms with van der Waals surface area (Å²) in [5.41, 5.74) is 2.13. The van der Waals surface area contributed by atoms with Crippen LogP contribution in [-0.2, 0) is 15.1 Å². The number of hydrogen-bond donors (Lipinski definition) is 2. The first-order valence-corrected chi connectivity index (χ1v) is 11.1. The van der Waals surface area contributed by atoms with Gasteiger partial charge in [-0.25, -0.2) is 0 Å². The smallest absolute Gasteiger partial charge is 0.262 e. The molecule has 3 aromatic carbocycles. The number of nitrogens with zero attached hydrogens (tertiary/aromatic N) is 2. The van der Waals surface area contributed by atoms with Crippen LogP contribution in [0.5, 0.6) is 0 Å². The number of amides is 1. The normalized spacial score (nSPS) is 21.0. The Bertz CT molecular complexity index is 1230. The molecule has 2 N–H and O–H groups in total. The highest BCUT2D eigenvalue weighted by atomic mass is 16.5. The number of nitrogens with one attached hydrogen (secondary N) is 2. The van der Waals surface area contributed by atoms with Gasteiger partial charge in [0.2, 0.25) is 0 Å². The van der Waals surface area contributed by atoms with Crippen molar-refractivity contribution in [2.45, 2.75) is 24.4 Å². The van der Waals surface area contributed by atoms with Gasteiger partial charge in [0.15, 0.2) is 11.5 Å². The molecule has 2 heterocycles. The van der Waals surface area contributed by atoms with Crippen LogP contribution >= 0.6 is 0 Å². The van der Waals surface area contributed by atoms with Gasteiger partial charge in [-0.05, 0) is 35.6 Å². The van der Waals surface area contributed by atoms with Crippen LogP contribution in [0.2, 0.25) is 0 Å². The largest absolute Gasteiger partial charge is 0.381 e. The minimum Gasteiger partial charge on any atom is -0.381 e. The van der Waals surface area contributed by atoms with Gasteiger partial charge in [0.25, 0.3) is 5.91 Å². The van der Waals surface area contributed by atoms with E-state index in [9.17, 15) is 10.1 Å². The van der Waals surface area contributed by atoms with E-state index in [1.165, 1.54) is 0 Å². The number of carbonyl (C=O) groups is 1. The van der Waals surface area contributed by atoms with Crippen molar-refractivity contribution in [1.29, 1.82) is 10.7 Å². The molecule has 1 unspecified atom stereocenters. The SMILES string of the molecule is N#Cc1cccc(-c2ccccc2)c1C1(c2ccccc2)C(=O)NC(=N)N1C1CCOCC1. The summed E-state index contributed by atoms with van der Waals surface area (Å²) in [6.07, 6.45) is 1.39. The second-order valence-electron chi connectivity index (χ2n) is 8.30. The predicted octanol–water partition coefficient (Wildman–Crippen LogP) is 4.01. The molecular weight excluding hydrogens is 412 g/mol. The van der Waals surface area contributed by atoms with E-state index in [0.29, 0.717) is 37.2 Å². The lowest BCUT2D eigenvalue weighted by Gasteiger charge is -2.44. The maximum Gasteiger partial charge on any atom is 0.262 e. The van der Waals surface area contributed by atoms with Crippen molar-refractivity contribution in [2.24, 2.45) is 0 Å². The molecule has 2 aliphatic heterocycles. The summed E-state index contributed by atoms with van der Waals surface area (Å²) < 4.78 is 5.58. The first-order chi connectivity index (χ1) is 16.2. The van der Waals surface area contributed by atoms with Gasteiger partial charge in [0.1, 0.15) is 0 Å². The van der Waals surface area contributed by atoms with Crippen LogP contribution < -0.4 is 5.32 Å². The van der Waals surface area contributed by atoms with Gasteiger partial charge in [-0.2, -0.15) is 5.26 Å². The molecule has 33 heavy (non-hydrogen) atoms. The molecule has 5 rings (SSSR count). The topological polar surface area (TPSA) is 89.2 Å². The second kappa shape index (κ2) is 8.53. The summed E-state index contributed by atoms with van der Waals surface area (Å²) >= 11 is 0. The fraction of sp³-hybridized carbons (Fsp3) is 0.222. The van der Waals surface area contributed by atoms with E-state index in [1.54, 1.807) is 6.07 Å². The molecule has 2 fully saturated rings. The Hall–Kier alpha value is -3.95. The zero-order chi connectivity index (χ0) is 22.8. The molecule has 6 nitrogen and oxygen atoms in total. The highest BCUT2D eigenvalue weighted by Gasteiger charge is 2.58. The molecule has 164 valence electrons. The molecule has 6 heteroatoms. The Morgan fingerprint density at radius 1 is 0.970 bits per heavy atom. The number of hydrogen-bond acceptors (Lipinski definition) is 4. The van der Waals surface area contributed by atoms with Gasteiger partial charge < -0.3 is 9.64 Å².